The van der Waals surface area contributed by atoms with E-state index in [1.54, 1.807) is 0 Å². The molecule has 194 valence electrons. The number of hydrogen-bond acceptors (Lipinski definition) is 6. The van der Waals surface area contributed by atoms with E-state index in [1.165, 1.54) is 9.13 Å². The smallest absolute Gasteiger partial charge is 0.333 e. The molecular formula is C26H37N7O3. The van der Waals surface area contributed by atoms with E-state index >= 15 is 0 Å². The van der Waals surface area contributed by atoms with Crippen molar-refractivity contribution in [1.29, 1.82) is 0 Å². The zero-order chi connectivity index (χ0) is 25.8. The average molecular weight is 496 g/mol. The van der Waals surface area contributed by atoms with E-state index in [0.717, 1.165) is 38.2 Å². The van der Waals surface area contributed by atoms with Gasteiger partial charge in [0.15, 0.2) is 11.2 Å². The molecule has 1 amide bonds. The predicted molar refractivity (Wildman–Crippen MR) is 142 cm³/mol. The Morgan fingerprint density at radius 2 is 1.78 bits per heavy atom. The van der Waals surface area contributed by atoms with Crippen molar-refractivity contribution in [2.24, 2.45) is 0 Å². The number of carbonyl (C=O) groups excluding carboxylic acids is 1. The minimum Gasteiger partial charge on any atom is -0.352 e. The second-order valence-corrected chi connectivity index (χ2v) is 9.73. The van der Waals surface area contributed by atoms with Gasteiger partial charge in [-0.2, -0.15) is 4.98 Å². The number of carbonyl (C=O) groups is 1. The topological polar surface area (TPSA) is 106 Å². The van der Waals surface area contributed by atoms with Gasteiger partial charge in [0, 0.05) is 44.8 Å². The number of aryl methyl sites for hydroxylation is 1. The third-order valence-corrected chi connectivity index (χ3v) is 6.69. The number of aromatic nitrogens is 4. The Hall–Kier alpha value is -3.40. The first-order chi connectivity index (χ1) is 17.3. The summed E-state index contributed by atoms with van der Waals surface area (Å²) in [5, 5.41) is 6.20. The second-order valence-electron chi connectivity index (χ2n) is 9.73. The van der Waals surface area contributed by atoms with Crippen LogP contribution in [0.5, 0.6) is 0 Å². The van der Waals surface area contributed by atoms with Crippen molar-refractivity contribution >= 4 is 23.0 Å². The van der Waals surface area contributed by atoms with Gasteiger partial charge in [-0.25, -0.2) is 4.79 Å². The van der Waals surface area contributed by atoms with Crippen LogP contribution in [0.4, 0.5) is 5.95 Å². The first-order valence-electron chi connectivity index (χ1n) is 12.9. The normalized spacial score (nSPS) is 15.0. The summed E-state index contributed by atoms with van der Waals surface area (Å²) < 4.78 is 4.60. The molecule has 4 rings (SSSR count). The van der Waals surface area contributed by atoms with Gasteiger partial charge in [-0.15, -0.1) is 0 Å². The van der Waals surface area contributed by atoms with Crippen LogP contribution in [0.3, 0.4) is 0 Å². The molecule has 0 bridgehead atoms. The molecule has 10 nitrogen and oxygen atoms in total. The number of nitrogens with zero attached hydrogens (tertiary/aromatic N) is 5. The molecule has 1 atom stereocenters. The second kappa shape index (κ2) is 11.1. The van der Waals surface area contributed by atoms with Gasteiger partial charge in [-0.05, 0) is 39.2 Å². The molecule has 1 fully saturated rings. The predicted octanol–water partition coefficient (Wildman–Crippen LogP) is 1.51. The van der Waals surface area contributed by atoms with Crippen LogP contribution in [0.2, 0.25) is 0 Å². The van der Waals surface area contributed by atoms with E-state index in [-0.39, 0.29) is 42.3 Å². The molecule has 0 spiro atoms. The number of imidazole rings is 1. The molecule has 1 aliphatic heterocycles. The van der Waals surface area contributed by atoms with Gasteiger partial charge in [0.1, 0.15) is 6.54 Å². The first kappa shape index (κ1) is 25.7. The number of benzene rings is 1. The summed E-state index contributed by atoms with van der Waals surface area (Å²) >= 11 is 0. The Morgan fingerprint density at radius 3 is 2.42 bits per heavy atom. The van der Waals surface area contributed by atoms with Crippen molar-refractivity contribution in [2.45, 2.75) is 65.7 Å². The van der Waals surface area contributed by atoms with Crippen molar-refractivity contribution in [3.63, 3.8) is 0 Å². The highest BCUT2D eigenvalue weighted by Crippen LogP contribution is 2.26. The van der Waals surface area contributed by atoms with Crippen LogP contribution < -0.4 is 26.8 Å². The van der Waals surface area contributed by atoms with Crippen LogP contribution in [-0.4, -0.2) is 56.8 Å². The van der Waals surface area contributed by atoms with E-state index in [9.17, 15) is 14.4 Å². The molecule has 3 aromatic rings. The first-order valence-corrected chi connectivity index (χ1v) is 12.9. The van der Waals surface area contributed by atoms with Crippen molar-refractivity contribution < 1.29 is 4.79 Å². The summed E-state index contributed by atoms with van der Waals surface area (Å²) in [7, 11) is 0. The number of nitrogens with one attached hydrogen (secondary N) is 2. The van der Waals surface area contributed by atoms with Crippen molar-refractivity contribution in [3.8, 4) is 0 Å². The highest BCUT2D eigenvalue weighted by molar-refractivity contribution is 5.80. The largest absolute Gasteiger partial charge is 0.352 e. The molecule has 0 saturated carbocycles. The van der Waals surface area contributed by atoms with Crippen LogP contribution in [0.15, 0.2) is 39.9 Å². The lowest BCUT2D eigenvalue weighted by Crippen LogP contribution is -2.45. The van der Waals surface area contributed by atoms with E-state index < -0.39 is 5.69 Å². The quantitative estimate of drug-likeness (QED) is 0.466. The third kappa shape index (κ3) is 5.23. The summed E-state index contributed by atoms with van der Waals surface area (Å²) in [5.74, 6) is 0.389. The maximum absolute atomic E-state index is 13.9. The maximum atomic E-state index is 13.9. The highest BCUT2D eigenvalue weighted by Gasteiger charge is 2.27. The SMILES string of the molecule is CCC(C)n1c(N2CCNCC2)nc2c1c(=O)n(CCc1ccccc1)c(=O)n2CC(=O)NC(C)C. The minimum atomic E-state index is -0.511. The monoisotopic (exact) mass is 495 g/mol. The van der Waals surface area contributed by atoms with Crippen LogP contribution in [0, 0.1) is 0 Å². The Kier molecular flexibility index (Phi) is 7.93. The molecule has 0 aliphatic carbocycles. The zero-order valence-corrected chi connectivity index (χ0v) is 21.7. The Labute approximate surface area is 210 Å². The summed E-state index contributed by atoms with van der Waals surface area (Å²) in [6.45, 7) is 11.0. The van der Waals surface area contributed by atoms with Gasteiger partial charge >= 0.3 is 5.69 Å². The van der Waals surface area contributed by atoms with Crippen molar-refractivity contribution in [1.82, 2.24) is 29.3 Å². The average Bonchev–Trinajstić information content (AvgIpc) is 3.27. The van der Waals surface area contributed by atoms with Gasteiger partial charge in [0.2, 0.25) is 11.9 Å². The molecule has 0 radical (unpaired) electrons. The molecule has 10 heteroatoms. The zero-order valence-electron chi connectivity index (χ0n) is 21.7. The summed E-state index contributed by atoms with van der Waals surface area (Å²) in [6, 6.07) is 9.69. The fourth-order valence-corrected chi connectivity index (χ4v) is 4.67. The Morgan fingerprint density at radius 1 is 1.08 bits per heavy atom. The number of fused-ring (bicyclic) bond motifs is 1. The molecule has 2 N–H and O–H groups in total. The van der Waals surface area contributed by atoms with Crippen LogP contribution in [0.1, 0.15) is 45.7 Å². The highest BCUT2D eigenvalue weighted by atomic mass is 16.2. The summed E-state index contributed by atoms with van der Waals surface area (Å²) in [4.78, 5) is 47.3. The van der Waals surface area contributed by atoms with Gasteiger partial charge in [0.05, 0.1) is 0 Å². The summed E-state index contributed by atoms with van der Waals surface area (Å²) in [6.07, 6.45) is 1.32. The van der Waals surface area contributed by atoms with Gasteiger partial charge < -0.3 is 20.1 Å². The Balaban J connectivity index is 1.92. The molecular weight excluding hydrogens is 458 g/mol. The van der Waals surface area contributed by atoms with Gasteiger partial charge in [-0.3, -0.25) is 18.7 Å². The number of piperazine rings is 1. The fourth-order valence-electron chi connectivity index (χ4n) is 4.67. The van der Waals surface area contributed by atoms with E-state index in [4.69, 9.17) is 4.98 Å². The van der Waals surface area contributed by atoms with Crippen LogP contribution >= 0.6 is 0 Å². The molecule has 1 unspecified atom stereocenters. The van der Waals surface area contributed by atoms with Gasteiger partial charge in [-0.1, -0.05) is 37.3 Å². The molecule has 2 aromatic heterocycles. The van der Waals surface area contributed by atoms with Crippen molar-refractivity contribution in [2.75, 3.05) is 31.1 Å². The number of anilines is 1. The number of rotatable bonds is 9. The molecule has 1 aliphatic rings. The lowest BCUT2D eigenvalue weighted by Gasteiger charge is -2.30. The van der Waals surface area contributed by atoms with E-state index in [0.29, 0.717) is 17.9 Å². The standard InChI is InChI=1S/C26H37N7O3/c1-5-19(4)33-22-23(29-25(33)30-15-12-27-13-16-30)32(17-21(34)28-18(2)3)26(36)31(24(22)35)14-11-20-9-7-6-8-10-20/h6-10,18-19,27H,5,11-17H2,1-4H3,(H,28,34). The molecule has 1 aromatic carbocycles. The molecule has 3 heterocycles. The van der Waals surface area contributed by atoms with Crippen LogP contribution in [0.25, 0.3) is 11.2 Å². The number of hydrogen-bond donors (Lipinski definition) is 2. The fraction of sp³-hybridized carbons (Fsp3) is 0.538. The molecule has 36 heavy (non-hydrogen) atoms. The lowest BCUT2D eigenvalue weighted by atomic mass is 10.1. The minimum absolute atomic E-state index is 0.00870. The summed E-state index contributed by atoms with van der Waals surface area (Å²) in [5.41, 5.74) is 0.810. The van der Waals surface area contributed by atoms with Crippen molar-refractivity contribution in [3.05, 3.63) is 56.7 Å². The van der Waals surface area contributed by atoms with E-state index in [2.05, 4.69) is 29.4 Å². The van der Waals surface area contributed by atoms with E-state index in [1.807, 2.05) is 48.7 Å². The molecule has 1 saturated heterocycles. The van der Waals surface area contributed by atoms with Crippen LogP contribution in [-0.2, 0) is 24.3 Å². The number of amides is 1. The van der Waals surface area contributed by atoms with Gasteiger partial charge in [0.25, 0.3) is 5.56 Å². The lowest BCUT2D eigenvalue weighted by molar-refractivity contribution is -0.122. The third-order valence-electron chi connectivity index (χ3n) is 6.69. The maximum Gasteiger partial charge on any atom is 0.333 e. The Bertz CT molecular complexity index is 1320.